The van der Waals surface area contributed by atoms with E-state index in [1.54, 1.807) is 0 Å². The van der Waals surface area contributed by atoms with Crippen molar-refractivity contribution in [3.05, 3.63) is 0 Å². The average molecular weight is 243 g/mol. The molecule has 4 nitrogen and oxygen atoms in total. The first-order valence-corrected chi connectivity index (χ1v) is 6.72. The molecule has 2 atom stereocenters. The maximum atomic E-state index is 11.6. The third-order valence-electron chi connectivity index (χ3n) is 3.19. The normalized spacial score (nSPS) is 14.7. The second kappa shape index (κ2) is 9.42. The highest BCUT2D eigenvalue weighted by Crippen LogP contribution is 2.07. The Morgan fingerprint density at radius 2 is 2.06 bits per heavy atom. The van der Waals surface area contributed by atoms with E-state index in [2.05, 4.69) is 38.0 Å². The lowest BCUT2D eigenvalue weighted by Gasteiger charge is -2.28. The summed E-state index contributed by atoms with van der Waals surface area (Å²) in [6.07, 6.45) is 2.63. The summed E-state index contributed by atoms with van der Waals surface area (Å²) >= 11 is 0. The molecule has 0 saturated heterocycles. The van der Waals surface area contributed by atoms with Crippen molar-refractivity contribution >= 4 is 5.91 Å². The zero-order valence-corrected chi connectivity index (χ0v) is 11.8. The monoisotopic (exact) mass is 243 g/mol. The Kier molecular flexibility index (Phi) is 9.09. The van der Waals surface area contributed by atoms with Crippen molar-refractivity contribution < 1.29 is 4.79 Å². The average Bonchev–Trinajstić information content (AvgIpc) is 2.32. The van der Waals surface area contributed by atoms with Gasteiger partial charge in [0.1, 0.15) is 0 Å². The van der Waals surface area contributed by atoms with E-state index in [0.717, 1.165) is 25.9 Å². The first-order chi connectivity index (χ1) is 8.04. The van der Waals surface area contributed by atoms with Crippen LogP contribution in [0.15, 0.2) is 0 Å². The molecule has 0 spiro atoms. The molecule has 0 aliphatic carbocycles. The van der Waals surface area contributed by atoms with Gasteiger partial charge in [0.15, 0.2) is 0 Å². The Balaban J connectivity index is 4.08. The largest absolute Gasteiger partial charge is 0.356 e. The number of nitrogens with zero attached hydrogens (tertiary/aromatic N) is 1. The Hall–Kier alpha value is -0.610. The topological polar surface area (TPSA) is 58.4 Å². The van der Waals surface area contributed by atoms with E-state index < -0.39 is 0 Å². The minimum Gasteiger partial charge on any atom is -0.356 e. The van der Waals surface area contributed by atoms with Crippen LogP contribution in [0.25, 0.3) is 0 Å². The Morgan fingerprint density at radius 3 is 2.53 bits per heavy atom. The molecule has 0 bridgehead atoms. The van der Waals surface area contributed by atoms with Crippen LogP contribution >= 0.6 is 0 Å². The van der Waals surface area contributed by atoms with Crippen LogP contribution in [-0.4, -0.2) is 43.5 Å². The van der Waals surface area contributed by atoms with Gasteiger partial charge in [-0.05, 0) is 19.4 Å². The zero-order valence-electron chi connectivity index (χ0n) is 11.8. The van der Waals surface area contributed by atoms with Gasteiger partial charge in [0.25, 0.3) is 0 Å². The molecule has 3 N–H and O–H groups in total. The van der Waals surface area contributed by atoms with Crippen molar-refractivity contribution in [1.82, 2.24) is 10.2 Å². The van der Waals surface area contributed by atoms with Gasteiger partial charge in [0.2, 0.25) is 5.91 Å². The number of nitrogens with two attached hydrogens (primary N) is 1. The molecule has 0 rings (SSSR count). The lowest BCUT2D eigenvalue weighted by Crippen LogP contribution is -2.43. The summed E-state index contributed by atoms with van der Waals surface area (Å²) in [5.41, 5.74) is 5.75. The molecule has 102 valence electrons. The van der Waals surface area contributed by atoms with Gasteiger partial charge in [0, 0.05) is 32.1 Å². The number of nitrogens with one attached hydrogen (secondary N) is 1. The lowest BCUT2D eigenvalue weighted by molar-refractivity contribution is -0.122. The van der Waals surface area contributed by atoms with E-state index in [4.69, 9.17) is 5.73 Å². The Morgan fingerprint density at radius 1 is 1.41 bits per heavy atom. The van der Waals surface area contributed by atoms with E-state index in [1.165, 1.54) is 0 Å². The van der Waals surface area contributed by atoms with Crippen molar-refractivity contribution in [2.24, 2.45) is 11.7 Å². The number of hydrogen-bond donors (Lipinski definition) is 2. The molecule has 4 heteroatoms. The van der Waals surface area contributed by atoms with Crippen molar-refractivity contribution in [3.8, 4) is 0 Å². The smallest absolute Gasteiger partial charge is 0.221 e. The van der Waals surface area contributed by atoms with E-state index >= 15 is 0 Å². The molecule has 1 amide bonds. The zero-order chi connectivity index (χ0) is 13.3. The summed E-state index contributed by atoms with van der Waals surface area (Å²) in [4.78, 5) is 13.8. The van der Waals surface area contributed by atoms with Crippen LogP contribution in [0.4, 0.5) is 0 Å². The molecule has 0 saturated carbocycles. The molecule has 0 aliphatic rings. The third kappa shape index (κ3) is 7.34. The number of amides is 1. The summed E-state index contributed by atoms with van der Waals surface area (Å²) in [6, 6.07) is 0.154. The molecular weight excluding hydrogens is 214 g/mol. The molecule has 0 aromatic heterocycles. The van der Waals surface area contributed by atoms with Crippen LogP contribution in [0.5, 0.6) is 0 Å². The van der Waals surface area contributed by atoms with E-state index in [0.29, 0.717) is 18.9 Å². The highest BCUT2D eigenvalue weighted by molar-refractivity contribution is 5.76. The van der Waals surface area contributed by atoms with Gasteiger partial charge in [-0.25, -0.2) is 0 Å². The highest BCUT2D eigenvalue weighted by Gasteiger charge is 2.18. The maximum Gasteiger partial charge on any atom is 0.221 e. The van der Waals surface area contributed by atoms with E-state index in [-0.39, 0.29) is 11.9 Å². The Bertz CT molecular complexity index is 209. The first-order valence-electron chi connectivity index (χ1n) is 6.72. The van der Waals surface area contributed by atoms with Crippen LogP contribution in [0.2, 0.25) is 0 Å². The summed E-state index contributed by atoms with van der Waals surface area (Å²) < 4.78 is 0. The standard InChI is InChI=1S/C13H29N3O/c1-5-7-15-13(17)8-12(9-14)16(4)10-11(3)6-2/h11-12H,5-10,14H2,1-4H3,(H,15,17). The molecular formula is C13H29N3O. The van der Waals surface area contributed by atoms with E-state index in [1.807, 2.05) is 0 Å². The quantitative estimate of drug-likeness (QED) is 0.640. The summed E-state index contributed by atoms with van der Waals surface area (Å²) in [6.45, 7) is 8.75. The van der Waals surface area contributed by atoms with Gasteiger partial charge in [-0.1, -0.05) is 27.2 Å². The summed E-state index contributed by atoms with van der Waals surface area (Å²) in [5.74, 6) is 0.756. The minimum absolute atomic E-state index is 0.110. The van der Waals surface area contributed by atoms with Crippen LogP contribution in [0, 0.1) is 5.92 Å². The number of likely N-dealkylation sites (N-methyl/N-ethyl adjacent to an activating group) is 1. The van der Waals surface area contributed by atoms with E-state index in [9.17, 15) is 4.79 Å². The van der Waals surface area contributed by atoms with Gasteiger partial charge in [-0.15, -0.1) is 0 Å². The lowest BCUT2D eigenvalue weighted by atomic mass is 10.1. The predicted molar refractivity (Wildman–Crippen MR) is 72.8 cm³/mol. The second-order valence-electron chi connectivity index (χ2n) is 4.90. The van der Waals surface area contributed by atoms with Gasteiger partial charge in [0.05, 0.1) is 0 Å². The van der Waals surface area contributed by atoms with Crippen molar-refractivity contribution in [2.45, 2.75) is 46.1 Å². The van der Waals surface area contributed by atoms with Crippen LogP contribution in [-0.2, 0) is 4.79 Å². The Labute approximate surface area is 106 Å². The van der Waals surface area contributed by atoms with Crippen LogP contribution in [0.1, 0.15) is 40.0 Å². The van der Waals surface area contributed by atoms with Crippen molar-refractivity contribution in [2.75, 3.05) is 26.7 Å². The number of hydrogen-bond acceptors (Lipinski definition) is 3. The molecule has 0 aliphatic heterocycles. The SMILES string of the molecule is CCCNC(=O)CC(CN)N(C)CC(C)CC. The molecule has 0 aromatic rings. The maximum absolute atomic E-state index is 11.6. The highest BCUT2D eigenvalue weighted by atomic mass is 16.1. The summed E-state index contributed by atoms with van der Waals surface area (Å²) in [7, 11) is 2.05. The molecule has 2 unspecified atom stereocenters. The minimum atomic E-state index is 0.110. The molecule has 0 fully saturated rings. The van der Waals surface area contributed by atoms with Gasteiger partial charge >= 0.3 is 0 Å². The number of carbonyl (C=O) groups is 1. The van der Waals surface area contributed by atoms with Gasteiger partial charge in [-0.2, -0.15) is 0 Å². The van der Waals surface area contributed by atoms with Gasteiger partial charge < -0.3 is 16.0 Å². The van der Waals surface area contributed by atoms with Crippen LogP contribution < -0.4 is 11.1 Å². The predicted octanol–water partition coefficient (Wildman–Crippen LogP) is 1.21. The van der Waals surface area contributed by atoms with Gasteiger partial charge in [-0.3, -0.25) is 4.79 Å². The summed E-state index contributed by atoms with van der Waals surface area (Å²) in [5, 5.41) is 2.90. The molecule has 0 heterocycles. The second-order valence-corrected chi connectivity index (χ2v) is 4.90. The first kappa shape index (κ1) is 16.4. The van der Waals surface area contributed by atoms with Crippen molar-refractivity contribution in [3.63, 3.8) is 0 Å². The van der Waals surface area contributed by atoms with Crippen LogP contribution in [0.3, 0.4) is 0 Å². The fourth-order valence-electron chi connectivity index (χ4n) is 1.74. The van der Waals surface area contributed by atoms with Crippen molar-refractivity contribution in [1.29, 1.82) is 0 Å². The molecule has 17 heavy (non-hydrogen) atoms. The molecule has 0 radical (unpaired) electrons. The fraction of sp³-hybridized carbons (Fsp3) is 0.923. The third-order valence-corrected chi connectivity index (χ3v) is 3.19. The molecule has 0 aromatic carbocycles. The number of rotatable bonds is 9. The fourth-order valence-corrected chi connectivity index (χ4v) is 1.74. The number of carbonyl (C=O) groups excluding carboxylic acids is 1.